The maximum absolute atomic E-state index is 13.0. The van der Waals surface area contributed by atoms with Crippen LogP contribution in [0.4, 0.5) is 14.9 Å². The summed E-state index contributed by atoms with van der Waals surface area (Å²) in [6, 6.07) is 5.97. The van der Waals surface area contributed by atoms with Gasteiger partial charge in [-0.3, -0.25) is 15.0 Å². The number of anilines is 1. The fourth-order valence-electron chi connectivity index (χ4n) is 2.53. The molecule has 1 heterocycles. The summed E-state index contributed by atoms with van der Waals surface area (Å²) in [6.07, 6.45) is 0. The number of piperazine rings is 1. The molecule has 1 aliphatic heterocycles. The van der Waals surface area contributed by atoms with Gasteiger partial charge in [-0.05, 0) is 30.2 Å². The van der Waals surface area contributed by atoms with Crippen molar-refractivity contribution >= 4 is 17.6 Å². The van der Waals surface area contributed by atoms with Crippen LogP contribution in [0, 0.1) is 11.7 Å². The maximum Gasteiger partial charge on any atom is 0.321 e. The molecule has 2 rings (SSSR count). The van der Waals surface area contributed by atoms with Crippen molar-refractivity contribution in [2.45, 2.75) is 13.8 Å². The number of amides is 3. The van der Waals surface area contributed by atoms with E-state index in [0.717, 1.165) is 31.9 Å². The van der Waals surface area contributed by atoms with Gasteiger partial charge in [-0.15, -0.1) is 0 Å². The number of hydrogen-bond acceptors (Lipinski definition) is 4. The molecule has 24 heavy (non-hydrogen) atoms. The molecule has 0 atom stereocenters. The first-order chi connectivity index (χ1) is 11.4. The monoisotopic (exact) mass is 336 g/mol. The Morgan fingerprint density at radius 1 is 1.12 bits per heavy atom. The Balaban J connectivity index is 1.71. The number of carbonyl (C=O) groups is 2. The highest BCUT2D eigenvalue weighted by molar-refractivity contribution is 5.95. The van der Waals surface area contributed by atoms with E-state index in [0.29, 0.717) is 12.5 Å². The molecule has 0 aliphatic carbocycles. The molecule has 2 N–H and O–H groups in total. The van der Waals surface area contributed by atoms with Gasteiger partial charge in [0.05, 0.1) is 6.54 Å². The van der Waals surface area contributed by atoms with Crippen molar-refractivity contribution in [3.8, 4) is 0 Å². The lowest BCUT2D eigenvalue weighted by atomic mass is 10.2. The molecule has 1 aromatic carbocycles. The van der Waals surface area contributed by atoms with E-state index < -0.39 is 6.03 Å². The molecule has 0 spiro atoms. The van der Waals surface area contributed by atoms with Crippen molar-refractivity contribution in [3.05, 3.63) is 30.1 Å². The number of halogens is 1. The fraction of sp³-hybridized carbons (Fsp3) is 0.529. The van der Waals surface area contributed by atoms with Crippen molar-refractivity contribution in [1.29, 1.82) is 0 Å². The van der Waals surface area contributed by atoms with Gasteiger partial charge in [0, 0.05) is 38.4 Å². The van der Waals surface area contributed by atoms with Gasteiger partial charge in [-0.2, -0.15) is 0 Å². The van der Waals surface area contributed by atoms with E-state index in [4.69, 9.17) is 0 Å². The lowest BCUT2D eigenvalue weighted by Gasteiger charge is -2.35. The summed E-state index contributed by atoms with van der Waals surface area (Å²) >= 11 is 0. The first kappa shape index (κ1) is 18.2. The third-order valence-electron chi connectivity index (χ3n) is 3.86. The second-order valence-corrected chi connectivity index (χ2v) is 6.39. The zero-order valence-corrected chi connectivity index (χ0v) is 14.2. The van der Waals surface area contributed by atoms with Crippen LogP contribution in [-0.4, -0.2) is 56.1 Å². The molecule has 0 radical (unpaired) electrons. The highest BCUT2D eigenvalue weighted by Crippen LogP contribution is 2.16. The number of nitrogens with zero attached hydrogens (tertiary/aromatic N) is 2. The van der Waals surface area contributed by atoms with Gasteiger partial charge < -0.3 is 10.2 Å². The normalized spacial score (nSPS) is 15.4. The number of hydrogen-bond donors (Lipinski definition) is 2. The van der Waals surface area contributed by atoms with Crippen LogP contribution in [0.2, 0.25) is 0 Å². The van der Waals surface area contributed by atoms with Crippen LogP contribution >= 0.6 is 0 Å². The van der Waals surface area contributed by atoms with Crippen molar-refractivity contribution in [2.24, 2.45) is 5.92 Å². The molecule has 1 aliphatic rings. The van der Waals surface area contributed by atoms with Crippen LogP contribution in [0.25, 0.3) is 0 Å². The molecule has 6 nitrogen and oxygen atoms in total. The second-order valence-electron chi connectivity index (χ2n) is 6.39. The molecule has 0 unspecified atom stereocenters. The van der Waals surface area contributed by atoms with E-state index >= 15 is 0 Å². The minimum Gasteiger partial charge on any atom is -0.369 e. The number of carbonyl (C=O) groups excluding carboxylic acids is 2. The summed E-state index contributed by atoms with van der Waals surface area (Å²) in [4.78, 5) is 27.6. The number of rotatable bonds is 5. The Kier molecular flexibility index (Phi) is 6.54. The molecular weight excluding hydrogens is 311 g/mol. The van der Waals surface area contributed by atoms with Gasteiger partial charge in [-0.25, -0.2) is 9.18 Å². The highest BCUT2D eigenvalue weighted by atomic mass is 19.1. The summed E-state index contributed by atoms with van der Waals surface area (Å²) in [5.41, 5.74) is 0.980. The van der Waals surface area contributed by atoms with Gasteiger partial charge in [0.2, 0.25) is 5.91 Å². The summed E-state index contributed by atoms with van der Waals surface area (Å²) in [6.45, 7) is 7.68. The minimum absolute atomic E-state index is 0.201. The van der Waals surface area contributed by atoms with E-state index in [1.165, 1.54) is 12.1 Å². The Bertz CT molecular complexity index is 554. The van der Waals surface area contributed by atoms with E-state index in [-0.39, 0.29) is 18.3 Å². The predicted octanol–water partition coefficient (Wildman–Crippen LogP) is 1.43. The Labute approximate surface area is 142 Å². The summed E-state index contributed by atoms with van der Waals surface area (Å²) in [5.74, 6) is -0.207. The van der Waals surface area contributed by atoms with Crippen LogP contribution in [-0.2, 0) is 4.79 Å². The molecule has 1 aromatic rings. The van der Waals surface area contributed by atoms with Crippen LogP contribution < -0.4 is 15.5 Å². The van der Waals surface area contributed by atoms with Crippen molar-refractivity contribution in [1.82, 2.24) is 15.5 Å². The largest absolute Gasteiger partial charge is 0.369 e. The molecular formula is C17H25FN4O2. The van der Waals surface area contributed by atoms with Gasteiger partial charge in [-0.1, -0.05) is 13.8 Å². The van der Waals surface area contributed by atoms with Crippen LogP contribution in [0.1, 0.15) is 13.8 Å². The molecule has 0 saturated carbocycles. The quantitative estimate of drug-likeness (QED) is 0.854. The molecule has 0 aromatic heterocycles. The van der Waals surface area contributed by atoms with Gasteiger partial charge >= 0.3 is 6.03 Å². The predicted molar refractivity (Wildman–Crippen MR) is 91.4 cm³/mol. The van der Waals surface area contributed by atoms with E-state index in [1.807, 2.05) is 18.7 Å². The molecule has 0 bridgehead atoms. The number of urea groups is 1. The van der Waals surface area contributed by atoms with Crippen LogP contribution in [0.15, 0.2) is 24.3 Å². The third kappa shape index (κ3) is 5.81. The van der Waals surface area contributed by atoms with Crippen LogP contribution in [0.5, 0.6) is 0 Å². The molecule has 3 amide bonds. The topological polar surface area (TPSA) is 64.7 Å². The molecule has 1 saturated heterocycles. The SMILES string of the molecule is CC(C)CNC(=O)NC(=O)CN1CCN(c2ccc(F)cc2)CC1. The summed E-state index contributed by atoms with van der Waals surface area (Å²) < 4.78 is 13.0. The average molecular weight is 336 g/mol. The lowest BCUT2D eigenvalue weighted by Crippen LogP contribution is -2.51. The Hall–Kier alpha value is -2.15. The average Bonchev–Trinajstić information content (AvgIpc) is 2.54. The molecule has 7 heteroatoms. The first-order valence-electron chi connectivity index (χ1n) is 8.24. The molecule has 1 fully saturated rings. The van der Waals surface area contributed by atoms with Crippen molar-refractivity contribution in [2.75, 3.05) is 44.2 Å². The standard InChI is InChI=1S/C17H25FN4O2/c1-13(2)11-19-17(24)20-16(23)12-21-7-9-22(10-8-21)15-5-3-14(18)4-6-15/h3-6,13H,7-12H2,1-2H3,(H2,19,20,23,24). The first-order valence-corrected chi connectivity index (χ1v) is 8.24. The van der Waals surface area contributed by atoms with Crippen molar-refractivity contribution < 1.29 is 14.0 Å². The minimum atomic E-state index is -0.446. The van der Waals surface area contributed by atoms with E-state index in [9.17, 15) is 14.0 Å². The number of nitrogens with one attached hydrogen (secondary N) is 2. The second kappa shape index (κ2) is 8.63. The van der Waals surface area contributed by atoms with Crippen molar-refractivity contribution in [3.63, 3.8) is 0 Å². The zero-order valence-electron chi connectivity index (χ0n) is 14.2. The maximum atomic E-state index is 13.0. The van der Waals surface area contributed by atoms with Gasteiger partial charge in [0.25, 0.3) is 0 Å². The third-order valence-corrected chi connectivity index (χ3v) is 3.86. The fourth-order valence-corrected chi connectivity index (χ4v) is 2.53. The van der Waals surface area contributed by atoms with Crippen LogP contribution in [0.3, 0.4) is 0 Å². The van der Waals surface area contributed by atoms with Gasteiger partial charge in [0.15, 0.2) is 0 Å². The number of imide groups is 1. The molecule has 132 valence electrons. The van der Waals surface area contributed by atoms with E-state index in [2.05, 4.69) is 15.5 Å². The zero-order chi connectivity index (χ0) is 17.5. The Morgan fingerprint density at radius 3 is 2.33 bits per heavy atom. The smallest absolute Gasteiger partial charge is 0.321 e. The van der Waals surface area contributed by atoms with E-state index in [1.54, 1.807) is 12.1 Å². The highest BCUT2D eigenvalue weighted by Gasteiger charge is 2.20. The Morgan fingerprint density at radius 2 is 1.75 bits per heavy atom. The van der Waals surface area contributed by atoms with Gasteiger partial charge in [0.1, 0.15) is 5.82 Å². The summed E-state index contributed by atoms with van der Waals surface area (Å²) in [5, 5.41) is 5.00. The lowest BCUT2D eigenvalue weighted by molar-refractivity contribution is -0.121. The summed E-state index contributed by atoms with van der Waals surface area (Å²) in [7, 11) is 0. The number of benzene rings is 1.